The molecule has 0 aliphatic heterocycles. The van der Waals surface area contributed by atoms with Crippen molar-refractivity contribution in [3.8, 4) is 0 Å². The maximum Gasteiger partial charge on any atom is 0.327 e. The number of thioether (sulfide) groups is 1. The first kappa shape index (κ1) is 16.0. The molecule has 0 saturated heterocycles. The van der Waals surface area contributed by atoms with Crippen molar-refractivity contribution in [2.75, 3.05) is 18.2 Å². The molecule has 2 heterocycles. The van der Waals surface area contributed by atoms with Crippen LogP contribution in [0.1, 0.15) is 26.2 Å². The van der Waals surface area contributed by atoms with Crippen molar-refractivity contribution >= 4 is 34.6 Å². The highest BCUT2D eigenvalue weighted by molar-refractivity contribution is 7.99. The van der Waals surface area contributed by atoms with Crippen molar-refractivity contribution in [1.82, 2.24) is 19.7 Å². The summed E-state index contributed by atoms with van der Waals surface area (Å²) in [7, 11) is 1.36. The van der Waals surface area contributed by atoms with Gasteiger partial charge in [0.2, 0.25) is 0 Å². The van der Waals surface area contributed by atoms with E-state index in [2.05, 4.69) is 32.0 Å². The molecule has 2 aromatic heterocycles. The van der Waals surface area contributed by atoms with E-state index in [9.17, 15) is 4.79 Å². The molecule has 2 unspecified atom stereocenters. The van der Waals surface area contributed by atoms with E-state index in [0.29, 0.717) is 16.9 Å². The molecular formula is C15H21N5O2S. The predicted octanol–water partition coefficient (Wildman–Crippen LogP) is 2.09. The molecule has 124 valence electrons. The first-order valence-electron chi connectivity index (χ1n) is 7.84. The van der Waals surface area contributed by atoms with Crippen LogP contribution in [0.5, 0.6) is 0 Å². The van der Waals surface area contributed by atoms with Crippen LogP contribution in [0.25, 0.3) is 11.0 Å². The Labute approximate surface area is 139 Å². The fraction of sp³-hybridized carbons (Fsp3) is 0.600. The molecule has 1 aliphatic rings. The molecule has 0 spiro atoms. The van der Waals surface area contributed by atoms with Gasteiger partial charge in [0.15, 0.2) is 5.65 Å². The summed E-state index contributed by atoms with van der Waals surface area (Å²) in [5.41, 5.74) is 0.644. The molecule has 0 aromatic carbocycles. The SMILES string of the molecule is CCSC1CCCC1Nc1ncnc2c1cnn2CC(=O)OC. The fourth-order valence-electron chi connectivity index (χ4n) is 2.99. The number of esters is 1. The van der Waals surface area contributed by atoms with Crippen LogP contribution in [0.2, 0.25) is 0 Å². The standard InChI is InChI=1S/C15H21N5O2S/c1-3-23-12-6-4-5-11(12)19-14-10-7-18-20(8-13(21)22-2)15(10)17-9-16-14/h7,9,11-12H,3-6,8H2,1-2H3,(H,16,17,19). The van der Waals surface area contributed by atoms with Crippen LogP contribution in [0.15, 0.2) is 12.5 Å². The summed E-state index contributed by atoms with van der Waals surface area (Å²) >= 11 is 2.00. The van der Waals surface area contributed by atoms with Crippen LogP contribution in [-0.4, -0.2) is 49.9 Å². The minimum Gasteiger partial charge on any atom is -0.468 e. The molecule has 7 nitrogen and oxygen atoms in total. The molecule has 0 amide bonds. The van der Waals surface area contributed by atoms with E-state index in [4.69, 9.17) is 0 Å². The summed E-state index contributed by atoms with van der Waals surface area (Å²) in [6.07, 6.45) is 6.85. The Hall–Kier alpha value is -1.83. The van der Waals surface area contributed by atoms with E-state index >= 15 is 0 Å². The number of aromatic nitrogens is 4. The number of anilines is 1. The first-order valence-corrected chi connectivity index (χ1v) is 8.89. The van der Waals surface area contributed by atoms with Crippen molar-refractivity contribution in [3.05, 3.63) is 12.5 Å². The Morgan fingerprint density at radius 1 is 1.48 bits per heavy atom. The van der Waals surface area contributed by atoms with Gasteiger partial charge < -0.3 is 10.1 Å². The normalized spacial score (nSPS) is 20.8. The zero-order valence-corrected chi connectivity index (χ0v) is 14.2. The third-order valence-corrected chi connectivity index (χ3v) is 5.42. The van der Waals surface area contributed by atoms with Gasteiger partial charge in [0.1, 0.15) is 18.7 Å². The monoisotopic (exact) mass is 335 g/mol. The number of ether oxygens (including phenoxy) is 1. The smallest absolute Gasteiger partial charge is 0.327 e. The quantitative estimate of drug-likeness (QED) is 0.809. The average molecular weight is 335 g/mol. The van der Waals surface area contributed by atoms with Crippen molar-refractivity contribution in [3.63, 3.8) is 0 Å². The Morgan fingerprint density at radius 3 is 3.13 bits per heavy atom. The molecule has 0 radical (unpaired) electrons. The summed E-state index contributed by atoms with van der Waals surface area (Å²) < 4.78 is 6.23. The van der Waals surface area contributed by atoms with Crippen LogP contribution in [0.4, 0.5) is 5.82 Å². The highest BCUT2D eigenvalue weighted by Gasteiger charge is 2.28. The van der Waals surface area contributed by atoms with E-state index in [1.807, 2.05) is 11.8 Å². The van der Waals surface area contributed by atoms with Gasteiger partial charge in [0.25, 0.3) is 0 Å². The lowest BCUT2D eigenvalue weighted by molar-refractivity contribution is -0.141. The lowest BCUT2D eigenvalue weighted by Gasteiger charge is -2.20. The van der Waals surface area contributed by atoms with Gasteiger partial charge in [-0.2, -0.15) is 16.9 Å². The van der Waals surface area contributed by atoms with Gasteiger partial charge in [-0.1, -0.05) is 13.3 Å². The second-order valence-corrected chi connectivity index (χ2v) is 7.03. The van der Waals surface area contributed by atoms with Crippen molar-refractivity contribution < 1.29 is 9.53 Å². The van der Waals surface area contributed by atoms with Gasteiger partial charge in [0, 0.05) is 11.3 Å². The Kier molecular flexibility index (Phi) is 5.00. The average Bonchev–Trinajstić information content (AvgIpc) is 3.16. The highest BCUT2D eigenvalue weighted by Crippen LogP contribution is 2.32. The summed E-state index contributed by atoms with van der Waals surface area (Å²) in [4.78, 5) is 20.1. The maximum atomic E-state index is 11.5. The number of hydrogen-bond acceptors (Lipinski definition) is 7. The molecule has 1 aliphatic carbocycles. The van der Waals surface area contributed by atoms with Crippen LogP contribution < -0.4 is 5.32 Å². The van der Waals surface area contributed by atoms with Gasteiger partial charge in [-0.25, -0.2) is 14.6 Å². The van der Waals surface area contributed by atoms with Gasteiger partial charge in [0.05, 0.1) is 18.7 Å². The zero-order chi connectivity index (χ0) is 16.2. The summed E-state index contributed by atoms with van der Waals surface area (Å²) in [6, 6.07) is 0.419. The molecule has 3 rings (SSSR count). The van der Waals surface area contributed by atoms with Gasteiger partial charge >= 0.3 is 5.97 Å². The van der Waals surface area contributed by atoms with Crippen molar-refractivity contribution in [2.24, 2.45) is 0 Å². The third-order valence-electron chi connectivity index (χ3n) is 4.10. The minimum atomic E-state index is -0.349. The predicted molar refractivity (Wildman–Crippen MR) is 90.5 cm³/mol. The van der Waals surface area contributed by atoms with E-state index in [1.54, 1.807) is 10.9 Å². The van der Waals surface area contributed by atoms with Crippen LogP contribution >= 0.6 is 11.8 Å². The Balaban J connectivity index is 1.83. The molecule has 0 bridgehead atoms. The Bertz CT molecular complexity index is 690. The minimum absolute atomic E-state index is 0.0498. The molecular weight excluding hydrogens is 314 g/mol. The molecule has 1 N–H and O–H groups in total. The van der Waals surface area contributed by atoms with Gasteiger partial charge in [-0.05, 0) is 18.6 Å². The molecule has 8 heteroatoms. The van der Waals surface area contributed by atoms with E-state index in [1.165, 1.54) is 26.3 Å². The zero-order valence-electron chi connectivity index (χ0n) is 13.4. The van der Waals surface area contributed by atoms with Crippen LogP contribution in [0, 0.1) is 0 Å². The second kappa shape index (κ2) is 7.16. The molecule has 23 heavy (non-hydrogen) atoms. The number of nitrogens with one attached hydrogen (secondary N) is 1. The number of carbonyl (C=O) groups excluding carboxylic acids is 1. The van der Waals surface area contributed by atoms with Crippen LogP contribution in [0.3, 0.4) is 0 Å². The topological polar surface area (TPSA) is 81.9 Å². The van der Waals surface area contributed by atoms with E-state index < -0.39 is 0 Å². The molecule has 1 fully saturated rings. The van der Waals surface area contributed by atoms with Gasteiger partial charge in [-0.15, -0.1) is 0 Å². The van der Waals surface area contributed by atoms with Crippen molar-refractivity contribution in [1.29, 1.82) is 0 Å². The molecule has 2 aromatic rings. The number of hydrogen-bond donors (Lipinski definition) is 1. The molecule has 1 saturated carbocycles. The molecule has 2 atom stereocenters. The number of nitrogens with zero attached hydrogens (tertiary/aromatic N) is 4. The van der Waals surface area contributed by atoms with Crippen LogP contribution in [-0.2, 0) is 16.1 Å². The summed E-state index contributed by atoms with van der Waals surface area (Å²) in [6.45, 7) is 2.24. The first-order chi connectivity index (χ1) is 11.2. The largest absolute Gasteiger partial charge is 0.468 e. The number of carbonyl (C=O) groups is 1. The second-order valence-electron chi connectivity index (χ2n) is 5.51. The number of fused-ring (bicyclic) bond motifs is 1. The third kappa shape index (κ3) is 3.41. The summed E-state index contributed by atoms with van der Waals surface area (Å²) in [5.74, 6) is 1.57. The summed E-state index contributed by atoms with van der Waals surface area (Å²) in [5, 5.41) is 9.26. The number of methoxy groups -OCH3 is 1. The number of rotatable bonds is 6. The van der Waals surface area contributed by atoms with E-state index in [0.717, 1.165) is 23.4 Å². The van der Waals surface area contributed by atoms with Crippen molar-refractivity contribution in [2.45, 2.75) is 44.0 Å². The fourth-order valence-corrected chi connectivity index (χ4v) is 4.19. The highest BCUT2D eigenvalue weighted by atomic mass is 32.2. The maximum absolute atomic E-state index is 11.5. The Morgan fingerprint density at radius 2 is 2.35 bits per heavy atom. The lowest BCUT2D eigenvalue weighted by atomic mass is 10.2. The van der Waals surface area contributed by atoms with E-state index in [-0.39, 0.29) is 12.5 Å². The van der Waals surface area contributed by atoms with Gasteiger partial charge in [-0.3, -0.25) is 4.79 Å². The lowest BCUT2D eigenvalue weighted by Crippen LogP contribution is -2.26.